The largest absolute Gasteiger partial charge is 0.506 e. The van der Waals surface area contributed by atoms with Crippen molar-refractivity contribution in [3.05, 3.63) is 47.8 Å². The fourth-order valence-electron chi connectivity index (χ4n) is 1.67. The van der Waals surface area contributed by atoms with E-state index in [1.807, 2.05) is 6.92 Å². The Bertz CT molecular complexity index is 574. The summed E-state index contributed by atoms with van der Waals surface area (Å²) >= 11 is 0. The fraction of sp³-hybridized carbons (Fsp3) is 0.214. The van der Waals surface area contributed by atoms with Gasteiger partial charge >= 0.3 is 6.61 Å². The summed E-state index contributed by atoms with van der Waals surface area (Å²) < 4.78 is 28.3. The van der Waals surface area contributed by atoms with E-state index in [2.05, 4.69) is 15.0 Å². The summed E-state index contributed by atoms with van der Waals surface area (Å²) in [5, 5.41) is 12.7. The van der Waals surface area contributed by atoms with Gasteiger partial charge in [-0.05, 0) is 43.3 Å². The standard InChI is InChI=1S/C14H14F2N2O2/c1-9-2-7-13(19)12(18-9)8-17-10-3-5-11(6-4-10)20-14(15)16/h2-7,14,17,19H,8H2,1H3. The van der Waals surface area contributed by atoms with E-state index < -0.39 is 6.61 Å². The molecule has 2 N–H and O–H groups in total. The van der Waals surface area contributed by atoms with Gasteiger partial charge in [0.2, 0.25) is 0 Å². The number of aryl methyl sites for hydroxylation is 1. The number of benzene rings is 1. The number of anilines is 1. The lowest BCUT2D eigenvalue weighted by molar-refractivity contribution is -0.0498. The minimum absolute atomic E-state index is 0.0991. The van der Waals surface area contributed by atoms with Crippen molar-refractivity contribution in [2.45, 2.75) is 20.1 Å². The molecule has 0 saturated carbocycles. The van der Waals surface area contributed by atoms with Gasteiger partial charge in [0.05, 0.1) is 6.54 Å². The number of hydrogen-bond acceptors (Lipinski definition) is 4. The maximum Gasteiger partial charge on any atom is 0.387 e. The van der Waals surface area contributed by atoms with E-state index in [-0.39, 0.29) is 11.5 Å². The quantitative estimate of drug-likeness (QED) is 0.882. The van der Waals surface area contributed by atoms with Crippen LogP contribution in [0.2, 0.25) is 0 Å². The third kappa shape index (κ3) is 3.81. The van der Waals surface area contributed by atoms with E-state index in [0.717, 1.165) is 5.69 Å². The highest BCUT2D eigenvalue weighted by Gasteiger charge is 2.05. The molecule has 2 aromatic rings. The molecule has 1 aromatic heterocycles. The summed E-state index contributed by atoms with van der Waals surface area (Å²) in [6, 6.07) is 9.42. The summed E-state index contributed by atoms with van der Waals surface area (Å²) in [6.07, 6.45) is 0. The molecule has 0 radical (unpaired) electrons. The molecule has 0 amide bonds. The number of nitrogens with one attached hydrogen (secondary N) is 1. The van der Waals surface area contributed by atoms with Gasteiger partial charge in [0.15, 0.2) is 0 Å². The number of halogens is 2. The topological polar surface area (TPSA) is 54.4 Å². The number of aromatic hydroxyl groups is 1. The first kappa shape index (κ1) is 14.0. The molecule has 0 saturated heterocycles. The zero-order valence-electron chi connectivity index (χ0n) is 10.8. The van der Waals surface area contributed by atoms with Crippen molar-refractivity contribution in [1.82, 2.24) is 4.98 Å². The molecular weight excluding hydrogens is 266 g/mol. The predicted molar refractivity (Wildman–Crippen MR) is 71.0 cm³/mol. The van der Waals surface area contributed by atoms with Crippen molar-refractivity contribution in [3.63, 3.8) is 0 Å². The average Bonchev–Trinajstić information content (AvgIpc) is 2.41. The maximum atomic E-state index is 12.0. The highest BCUT2D eigenvalue weighted by molar-refractivity contribution is 5.47. The SMILES string of the molecule is Cc1ccc(O)c(CNc2ccc(OC(F)F)cc2)n1. The van der Waals surface area contributed by atoms with Crippen molar-refractivity contribution in [2.24, 2.45) is 0 Å². The number of pyridine rings is 1. The number of aromatic nitrogens is 1. The average molecular weight is 280 g/mol. The number of hydrogen-bond donors (Lipinski definition) is 2. The van der Waals surface area contributed by atoms with Crippen LogP contribution in [0.3, 0.4) is 0 Å². The lowest BCUT2D eigenvalue weighted by atomic mass is 10.2. The van der Waals surface area contributed by atoms with Crippen LogP contribution in [-0.4, -0.2) is 16.7 Å². The monoisotopic (exact) mass is 280 g/mol. The van der Waals surface area contributed by atoms with Crippen LogP contribution in [-0.2, 0) is 6.54 Å². The van der Waals surface area contributed by atoms with Gasteiger partial charge in [-0.15, -0.1) is 0 Å². The van der Waals surface area contributed by atoms with Crippen LogP contribution in [0.15, 0.2) is 36.4 Å². The summed E-state index contributed by atoms with van der Waals surface area (Å²) in [5.41, 5.74) is 2.05. The van der Waals surface area contributed by atoms with E-state index in [1.165, 1.54) is 12.1 Å². The Morgan fingerprint density at radius 1 is 1.20 bits per heavy atom. The van der Waals surface area contributed by atoms with Crippen LogP contribution in [0.1, 0.15) is 11.4 Å². The number of alkyl halides is 2. The molecule has 106 valence electrons. The van der Waals surface area contributed by atoms with Gasteiger partial charge in [0.1, 0.15) is 17.2 Å². The Hall–Kier alpha value is -2.37. The molecule has 0 fully saturated rings. The second-order valence-corrected chi connectivity index (χ2v) is 4.17. The van der Waals surface area contributed by atoms with E-state index >= 15 is 0 Å². The van der Waals surface area contributed by atoms with Gasteiger partial charge in [-0.1, -0.05) is 0 Å². The van der Waals surface area contributed by atoms with Gasteiger partial charge < -0.3 is 15.2 Å². The first-order chi connectivity index (χ1) is 9.54. The molecule has 1 aromatic carbocycles. The van der Waals surface area contributed by atoms with Crippen LogP contribution >= 0.6 is 0 Å². The molecule has 0 spiro atoms. The van der Waals surface area contributed by atoms with Crippen LogP contribution in [0, 0.1) is 6.92 Å². The van der Waals surface area contributed by atoms with Gasteiger partial charge in [-0.25, -0.2) is 0 Å². The second kappa shape index (κ2) is 6.18. The minimum atomic E-state index is -2.83. The molecule has 1 heterocycles. The third-order valence-corrected chi connectivity index (χ3v) is 2.63. The van der Waals surface area contributed by atoms with Gasteiger partial charge in [-0.3, -0.25) is 4.98 Å². The summed E-state index contributed by atoms with van der Waals surface area (Å²) in [7, 11) is 0. The number of ether oxygens (including phenoxy) is 1. The molecule has 0 aliphatic heterocycles. The van der Waals surface area contributed by atoms with Crippen molar-refractivity contribution in [3.8, 4) is 11.5 Å². The third-order valence-electron chi connectivity index (χ3n) is 2.63. The summed E-state index contributed by atoms with van der Waals surface area (Å²) in [4.78, 5) is 4.21. The van der Waals surface area contributed by atoms with Crippen LogP contribution < -0.4 is 10.1 Å². The molecular formula is C14H14F2N2O2. The Kier molecular flexibility index (Phi) is 4.34. The number of nitrogens with zero attached hydrogens (tertiary/aromatic N) is 1. The van der Waals surface area contributed by atoms with Crippen molar-refractivity contribution >= 4 is 5.69 Å². The fourth-order valence-corrected chi connectivity index (χ4v) is 1.67. The van der Waals surface area contributed by atoms with Crippen molar-refractivity contribution in [2.75, 3.05) is 5.32 Å². The van der Waals surface area contributed by atoms with E-state index in [9.17, 15) is 13.9 Å². The van der Waals surface area contributed by atoms with E-state index in [0.29, 0.717) is 17.9 Å². The Morgan fingerprint density at radius 3 is 2.55 bits per heavy atom. The first-order valence-electron chi connectivity index (χ1n) is 5.99. The molecule has 0 unspecified atom stereocenters. The predicted octanol–water partition coefficient (Wildman–Crippen LogP) is 3.31. The second-order valence-electron chi connectivity index (χ2n) is 4.17. The van der Waals surface area contributed by atoms with Crippen molar-refractivity contribution < 1.29 is 18.6 Å². The first-order valence-corrected chi connectivity index (χ1v) is 5.99. The maximum absolute atomic E-state index is 12.0. The number of rotatable bonds is 5. The van der Waals surface area contributed by atoms with Gasteiger partial charge in [-0.2, -0.15) is 8.78 Å². The Labute approximate surface area is 115 Å². The molecule has 20 heavy (non-hydrogen) atoms. The molecule has 0 bridgehead atoms. The van der Waals surface area contributed by atoms with Crippen LogP contribution in [0.4, 0.5) is 14.5 Å². The lowest BCUT2D eigenvalue weighted by Gasteiger charge is -2.09. The zero-order chi connectivity index (χ0) is 14.5. The molecule has 6 heteroatoms. The van der Waals surface area contributed by atoms with E-state index in [4.69, 9.17) is 0 Å². The smallest absolute Gasteiger partial charge is 0.387 e. The van der Waals surface area contributed by atoms with Gasteiger partial charge in [0.25, 0.3) is 0 Å². The zero-order valence-corrected chi connectivity index (χ0v) is 10.8. The molecule has 0 atom stereocenters. The van der Waals surface area contributed by atoms with Crippen molar-refractivity contribution in [1.29, 1.82) is 0 Å². The minimum Gasteiger partial charge on any atom is -0.506 e. The molecule has 0 aliphatic carbocycles. The summed E-state index contributed by atoms with van der Waals surface area (Å²) in [5.74, 6) is 0.211. The van der Waals surface area contributed by atoms with Crippen LogP contribution in [0.5, 0.6) is 11.5 Å². The van der Waals surface area contributed by atoms with Crippen LogP contribution in [0.25, 0.3) is 0 Å². The van der Waals surface area contributed by atoms with Gasteiger partial charge in [0, 0.05) is 11.4 Å². The lowest BCUT2D eigenvalue weighted by Crippen LogP contribution is -2.04. The van der Waals surface area contributed by atoms with E-state index in [1.54, 1.807) is 24.3 Å². The molecule has 2 rings (SSSR count). The summed E-state index contributed by atoms with van der Waals surface area (Å²) in [6.45, 7) is -0.663. The Balaban J connectivity index is 1.98. The normalized spacial score (nSPS) is 10.6. The highest BCUT2D eigenvalue weighted by Crippen LogP contribution is 2.20. The molecule has 4 nitrogen and oxygen atoms in total. The molecule has 0 aliphatic rings. The highest BCUT2D eigenvalue weighted by atomic mass is 19.3. The Morgan fingerprint density at radius 2 is 1.90 bits per heavy atom.